The van der Waals surface area contributed by atoms with Crippen LogP contribution in [0.1, 0.15) is 67.7 Å². The third-order valence-corrected chi connectivity index (χ3v) is 8.81. The van der Waals surface area contributed by atoms with Gasteiger partial charge in [-0.25, -0.2) is 4.39 Å². The van der Waals surface area contributed by atoms with Crippen molar-refractivity contribution in [3.05, 3.63) is 82.7 Å². The van der Waals surface area contributed by atoms with Gasteiger partial charge in [-0.2, -0.15) is 0 Å². The van der Waals surface area contributed by atoms with Gasteiger partial charge in [0.2, 0.25) is 0 Å². The van der Waals surface area contributed by atoms with E-state index in [1.807, 2.05) is 12.1 Å². The molecule has 40 heavy (non-hydrogen) atoms. The summed E-state index contributed by atoms with van der Waals surface area (Å²) in [4.78, 5) is 2.40. The van der Waals surface area contributed by atoms with Crippen molar-refractivity contribution in [2.45, 2.75) is 63.8 Å². The number of rotatable bonds is 10. The molecule has 214 valence electrons. The van der Waals surface area contributed by atoms with Crippen LogP contribution in [0.3, 0.4) is 0 Å². The molecule has 1 saturated heterocycles. The maximum atomic E-state index is 14.9. The van der Waals surface area contributed by atoms with E-state index in [0.717, 1.165) is 55.2 Å². The molecule has 0 spiro atoms. The molecule has 0 saturated carbocycles. The van der Waals surface area contributed by atoms with Crippen molar-refractivity contribution in [3.8, 4) is 17.2 Å². The first-order valence-electron chi connectivity index (χ1n) is 14.6. The Balaban J connectivity index is 1.29. The number of benzene rings is 3. The van der Waals surface area contributed by atoms with Crippen molar-refractivity contribution in [3.63, 3.8) is 0 Å². The van der Waals surface area contributed by atoms with Gasteiger partial charge in [0.1, 0.15) is 18.1 Å². The Labute approximate surface area is 238 Å². The predicted octanol–water partition coefficient (Wildman–Crippen LogP) is 7.33. The van der Waals surface area contributed by atoms with Gasteiger partial charge in [-0.3, -0.25) is 4.90 Å². The number of hydrogen-bond donors (Lipinski definition) is 1. The number of likely N-dealkylation sites (tertiary alicyclic amines) is 1. The van der Waals surface area contributed by atoms with E-state index in [1.165, 1.54) is 36.0 Å². The molecule has 1 heterocycles. The van der Waals surface area contributed by atoms with Gasteiger partial charge in [-0.1, -0.05) is 38.5 Å². The van der Waals surface area contributed by atoms with E-state index >= 15 is 0 Å². The lowest BCUT2D eigenvalue weighted by Gasteiger charge is -2.42. The minimum Gasteiger partial charge on any atom is -0.497 e. The van der Waals surface area contributed by atoms with Crippen molar-refractivity contribution in [2.24, 2.45) is 0 Å². The number of ether oxygens (including phenoxy) is 3. The van der Waals surface area contributed by atoms with Gasteiger partial charge in [-0.15, -0.1) is 0 Å². The van der Waals surface area contributed by atoms with Crippen LogP contribution in [0.5, 0.6) is 17.2 Å². The Hall–Kier alpha value is -3.25. The lowest BCUT2D eigenvalue weighted by Crippen LogP contribution is -2.33. The number of aryl methyl sites for hydroxylation is 1. The van der Waals surface area contributed by atoms with Gasteiger partial charge in [0.15, 0.2) is 11.6 Å². The van der Waals surface area contributed by atoms with Gasteiger partial charge in [0.25, 0.3) is 0 Å². The second-order valence-corrected chi connectivity index (χ2v) is 11.7. The van der Waals surface area contributed by atoms with E-state index in [-0.39, 0.29) is 11.2 Å². The third kappa shape index (κ3) is 6.22. The van der Waals surface area contributed by atoms with Gasteiger partial charge in [-0.05, 0) is 103 Å². The van der Waals surface area contributed by atoms with Gasteiger partial charge < -0.3 is 19.5 Å². The molecule has 1 unspecified atom stereocenters. The number of methoxy groups -OCH3 is 2. The molecule has 2 aliphatic rings. The van der Waals surface area contributed by atoms with Crippen LogP contribution in [0, 0.1) is 5.82 Å². The summed E-state index contributed by atoms with van der Waals surface area (Å²) in [6.45, 7) is 8.74. The van der Waals surface area contributed by atoms with Crippen LogP contribution in [0.4, 0.5) is 10.1 Å². The fourth-order valence-corrected chi connectivity index (χ4v) is 6.48. The van der Waals surface area contributed by atoms with E-state index in [0.29, 0.717) is 24.8 Å². The topological polar surface area (TPSA) is 43.0 Å². The van der Waals surface area contributed by atoms with Gasteiger partial charge in [0.05, 0.1) is 14.2 Å². The van der Waals surface area contributed by atoms with Crippen LogP contribution in [-0.2, 0) is 18.4 Å². The first-order chi connectivity index (χ1) is 19.4. The highest BCUT2D eigenvalue weighted by molar-refractivity contribution is 5.59. The van der Waals surface area contributed by atoms with Crippen molar-refractivity contribution < 1.29 is 18.6 Å². The molecule has 0 radical (unpaired) electrons. The summed E-state index contributed by atoms with van der Waals surface area (Å²) in [6.07, 6.45) is 5.82. The summed E-state index contributed by atoms with van der Waals surface area (Å²) < 4.78 is 31.8. The molecule has 1 fully saturated rings. The number of nitrogens with one attached hydrogen (secondary N) is 1. The lowest BCUT2D eigenvalue weighted by molar-refractivity contribution is 0.180. The Kier molecular flexibility index (Phi) is 8.84. The highest BCUT2D eigenvalue weighted by Gasteiger charge is 2.38. The van der Waals surface area contributed by atoms with Crippen LogP contribution in [0.2, 0.25) is 0 Å². The van der Waals surface area contributed by atoms with E-state index < -0.39 is 0 Å². The number of anilines is 1. The SMILES string of the molecule is COc1ccc2c(c1)CCC(c1ccc(OC)cc1NCc1ccc(OCCN3CCCCC3)c(F)c1)C2(C)C. The molecule has 1 N–H and O–H groups in total. The first-order valence-corrected chi connectivity index (χ1v) is 14.6. The standard InChI is InChI=1S/C34H43FN2O3/c1-34(2)29-14-11-26(38-3)21-25(29)9-13-30(34)28-12-10-27(39-4)22-32(28)36-23-24-8-15-33(31(35)20-24)40-19-18-37-16-6-5-7-17-37/h8,10-12,14-15,20-22,30,36H,5-7,9,13,16-19,23H2,1-4H3. The smallest absolute Gasteiger partial charge is 0.165 e. The monoisotopic (exact) mass is 546 g/mol. The molecule has 6 heteroatoms. The van der Waals surface area contributed by atoms with Crippen LogP contribution in [-0.4, -0.2) is 45.4 Å². The number of halogens is 1. The van der Waals surface area contributed by atoms with Crippen molar-refractivity contribution in [1.82, 2.24) is 4.90 Å². The molecule has 3 aromatic carbocycles. The second kappa shape index (κ2) is 12.5. The molecule has 0 amide bonds. The quantitative estimate of drug-likeness (QED) is 0.288. The molecule has 1 aliphatic carbocycles. The zero-order valence-corrected chi connectivity index (χ0v) is 24.4. The normalized spacial score (nSPS) is 18.6. The Morgan fingerprint density at radius 1 is 0.925 bits per heavy atom. The molecule has 3 aromatic rings. The Morgan fingerprint density at radius 3 is 2.42 bits per heavy atom. The summed E-state index contributed by atoms with van der Waals surface area (Å²) in [5.41, 5.74) is 5.81. The van der Waals surface area contributed by atoms with Crippen molar-refractivity contribution in [2.75, 3.05) is 45.8 Å². The number of hydrogen-bond acceptors (Lipinski definition) is 5. The highest BCUT2D eigenvalue weighted by Crippen LogP contribution is 2.49. The van der Waals surface area contributed by atoms with E-state index in [4.69, 9.17) is 14.2 Å². The van der Waals surface area contributed by atoms with Crippen molar-refractivity contribution in [1.29, 1.82) is 0 Å². The maximum Gasteiger partial charge on any atom is 0.165 e. The van der Waals surface area contributed by atoms with Crippen LogP contribution in [0.15, 0.2) is 54.6 Å². The minimum absolute atomic E-state index is 0.0653. The number of fused-ring (bicyclic) bond motifs is 1. The first kappa shape index (κ1) is 28.3. The molecule has 0 aromatic heterocycles. The largest absolute Gasteiger partial charge is 0.497 e. The van der Waals surface area contributed by atoms with Crippen LogP contribution < -0.4 is 19.5 Å². The van der Waals surface area contributed by atoms with E-state index in [9.17, 15) is 4.39 Å². The average Bonchev–Trinajstić information content (AvgIpc) is 2.97. The number of nitrogens with zero attached hydrogens (tertiary/aromatic N) is 1. The second-order valence-electron chi connectivity index (χ2n) is 11.7. The van der Waals surface area contributed by atoms with E-state index in [2.05, 4.69) is 54.4 Å². The van der Waals surface area contributed by atoms with Gasteiger partial charge in [0, 0.05) is 24.8 Å². The number of piperidine rings is 1. The summed E-state index contributed by atoms with van der Waals surface area (Å²) in [5.74, 6) is 2.03. The maximum absolute atomic E-state index is 14.9. The molecule has 0 bridgehead atoms. The van der Waals surface area contributed by atoms with Crippen LogP contribution >= 0.6 is 0 Å². The molecule has 1 aliphatic heterocycles. The molecule has 5 nitrogen and oxygen atoms in total. The lowest BCUT2D eigenvalue weighted by atomic mass is 9.63. The summed E-state index contributed by atoms with van der Waals surface area (Å²) in [7, 11) is 3.41. The minimum atomic E-state index is -0.316. The Bertz CT molecular complexity index is 1300. The van der Waals surface area contributed by atoms with Crippen LogP contribution in [0.25, 0.3) is 0 Å². The molecular weight excluding hydrogens is 503 g/mol. The predicted molar refractivity (Wildman–Crippen MR) is 160 cm³/mol. The average molecular weight is 547 g/mol. The zero-order valence-electron chi connectivity index (χ0n) is 24.4. The molecule has 1 atom stereocenters. The highest BCUT2D eigenvalue weighted by atomic mass is 19.1. The molecule has 5 rings (SSSR count). The third-order valence-electron chi connectivity index (χ3n) is 8.81. The fraction of sp³-hybridized carbons (Fsp3) is 0.471. The summed E-state index contributed by atoms with van der Waals surface area (Å²) >= 11 is 0. The summed E-state index contributed by atoms with van der Waals surface area (Å²) in [6, 6.07) is 18.0. The van der Waals surface area contributed by atoms with E-state index in [1.54, 1.807) is 26.4 Å². The zero-order chi connectivity index (χ0) is 28.1. The van der Waals surface area contributed by atoms with Gasteiger partial charge >= 0.3 is 0 Å². The fourth-order valence-electron chi connectivity index (χ4n) is 6.48. The molecular formula is C34H43FN2O3. The Morgan fingerprint density at radius 2 is 1.68 bits per heavy atom. The summed E-state index contributed by atoms with van der Waals surface area (Å²) in [5, 5.41) is 3.60. The van der Waals surface area contributed by atoms with Crippen molar-refractivity contribution >= 4 is 5.69 Å².